The van der Waals surface area contributed by atoms with Crippen LogP contribution in [0.5, 0.6) is 0 Å². The Morgan fingerprint density at radius 2 is 2.09 bits per heavy atom. The Morgan fingerprint density at radius 1 is 1.18 bits per heavy atom. The first kappa shape index (κ1) is 14.6. The SMILES string of the molecule is Clc1ccc(Nc2nncc(NCc3ccco3)n2)c(Cl)c1. The van der Waals surface area contributed by atoms with E-state index in [2.05, 4.69) is 25.8 Å². The average Bonchev–Trinajstić information content (AvgIpc) is 3.02. The maximum Gasteiger partial charge on any atom is 0.249 e. The van der Waals surface area contributed by atoms with Crippen molar-refractivity contribution in [2.45, 2.75) is 6.54 Å². The number of anilines is 3. The molecule has 0 bridgehead atoms. The van der Waals surface area contributed by atoms with Gasteiger partial charge in [0.05, 0.1) is 29.7 Å². The summed E-state index contributed by atoms with van der Waals surface area (Å²) in [4.78, 5) is 4.30. The van der Waals surface area contributed by atoms with Crippen molar-refractivity contribution in [3.8, 4) is 0 Å². The topological polar surface area (TPSA) is 75.9 Å². The third kappa shape index (κ3) is 3.66. The zero-order valence-corrected chi connectivity index (χ0v) is 12.8. The van der Waals surface area contributed by atoms with Crippen molar-refractivity contribution in [2.24, 2.45) is 0 Å². The van der Waals surface area contributed by atoms with Crippen LogP contribution in [0.25, 0.3) is 0 Å². The monoisotopic (exact) mass is 335 g/mol. The van der Waals surface area contributed by atoms with E-state index in [1.807, 2.05) is 12.1 Å². The number of nitrogens with one attached hydrogen (secondary N) is 2. The molecule has 3 rings (SSSR count). The Hall–Kier alpha value is -2.31. The van der Waals surface area contributed by atoms with E-state index < -0.39 is 0 Å². The van der Waals surface area contributed by atoms with Crippen molar-refractivity contribution in [3.63, 3.8) is 0 Å². The molecule has 1 aromatic carbocycles. The fraction of sp³-hybridized carbons (Fsp3) is 0.0714. The zero-order chi connectivity index (χ0) is 15.4. The van der Waals surface area contributed by atoms with E-state index in [4.69, 9.17) is 27.6 Å². The van der Waals surface area contributed by atoms with Crippen LogP contribution in [0, 0.1) is 0 Å². The summed E-state index contributed by atoms with van der Waals surface area (Å²) in [5.41, 5.74) is 0.649. The lowest BCUT2D eigenvalue weighted by molar-refractivity contribution is 0.517. The predicted octanol–water partition coefficient (Wildman–Crippen LogP) is 4.13. The van der Waals surface area contributed by atoms with Crippen LogP contribution in [0.2, 0.25) is 10.0 Å². The summed E-state index contributed by atoms with van der Waals surface area (Å²) in [5, 5.41) is 14.9. The summed E-state index contributed by atoms with van der Waals surface area (Å²) in [7, 11) is 0. The standard InChI is InChI=1S/C14H11Cl2N5O/c15-9-3-4-12(11(16)6-9)19-14-20-13(8-18-21-14)17-7-10-2-1-5-22-10/h1-6,8H,7H2,(H2,17,19,20,21). The summed E-state index contributed by atoms with van der Waals surface area (Å²) in [6, 6.07) is 8.80. The van der Waals surface area contributed by atoms with Gasteiger partial charge in [-0.3, -0.25) is 0 Å². The Kier molecular flexibility index (Phi) is 4.41. The minimum Gasteiger partial charge on any atom is -0.467 e. The van der Waals surface area contributed by atoms with Gasteiger partial charge in [0.25, 0.3) is 0 Å². The van der Waals surface area contributed by atoms with E-state index in [1.54, 1.807) is 24.5 Å². The number of hydrogen-bond acceptors (Lipinski definition) is 6. The van der Waals surface area contributed by atoms with Gasteiger partial charge >= 0.3 is 0 Å². The highest BCUT2D eigenvalue weighted by molar-refractivity contribution is 6.36. The van der Waals surface area contributed by atoms with Gasteiger partial charge < -0.3 is 15.1 Å². The highest BCUT2D eigenvalue weighted by atomic mass is 35.5. The number of rotatable bonds is 5. The molecule has 0 atom stereocenters. The molecule has 3 aromatic rings. The van der Waals surface area contributed by atoms with Crippen molar-refractivity contribution in [1.29, 1.82) is 0 Å². The second kappa shape index (κ2) is 6.64. The van der Waals surface area contributed by atoms with E-state index in [-0.39, 0.29) is 0 Å². The minimum absolute atomic E-state index is 0.327. The van der Waals surface area contributed by atoms with Crippen molar-refractivity contribution in [3.05, 3.63) is 58.6 Å². The summed E-state index contributed by atoms with van der Waals surface area (Å²) < 4.78 is 5.24. The number of halogens is 2. The zero-order valence-electron chi connectivity index (χ0n) is 11.3. The molecule has 0 aliphatic carbocycles. The fourth-order valence-corrected chi connectivity index (χ4v) is 2.20. The summed E-state index contributed by atoms with van der Waals surface area (Å²) in [6.07, 6.45) is 3.14. The number of nitrogens with zero attached hydrogens (tertiary/aromatic N) is 3. The van der Waals surface area contributed by atoms with E-state index in [0.29, 0.717) is 34.0 Å². The minimum atomic E-state index is 0.327. The quantitative estimate of drug-likeness (QED) is 0.730. The van der Waals surface area contributed by atoms with Crippen LogP contribution in [-0.2, 0) is 6.54 Å². The van der Waals surface area contributed by atoms with Crippen molar-refractivity contribution in [1.82, 2.24) is 15.2 Å². The molecular weight excluding hydrogens is 325 g/mol. The van der Waals surface area contributed by atoms with E-state index in [1.165, 1.54) is 6.20 Å². The van der Waals surface area contributed by atoms with Crippen LogP contribution in [0.3, 0.4) is 0 Å². The molecule has 0 aliphatic heterocycles. The van der Waals surface area contributed by atoms with Crippen LogP contribution in [0.4, 0.5) is 17.5 Å². The predicted molar refractivity (Wildman–Crippen MR) is 85.6 cm³/mol. The van der Waals surface area contributed by atoms with Crippen LogP contribution in [-0.4, -0.2) is 15.2 Å². The lowest BCUT2D eigenvalue weighted by Crippen LogP contribution is -2.05. The number of aromatic nitrogens is 3. The fourth-order valence-electron chi connectivity index (χ4n) is 1.74. The highest BCUT2D eigenvalue weighted by Crippen LogP contribution is 2.27. The molecule has 0 unspecified atom stereocenters. The van der Waals surface area contributed by atoms with Crippen molar-refractivity contribution < 1.29 is 4.42 Å². The normalized spacial score (nSPS) is 10.5. The van der Waals surface area contributed by atoms with Crippen molar-refractivity contribution >= 4 is 40.7 Å². The van der Waals surface area contributed by atoms with Gasteiger partial charge in [0.1, 0.15) is 5.76 Å². The smallest absolute Gasteiger partial charge is 0.249 e. The van der Waals surface area contributed by atoms with Crippen LogP contribution < -0.4 is 10.6 Å². The summed E-state index contributed by atoms with van der Waals surface area (Å²) >= 11 is 12.0. The second-order valence-electron chi connectivity index (χ2n) is 4.35. The van der Waals surface area contributed by atoms with Crippen LogP contribution in [0.15, 0.2) is 47.2 Å². The van der Waals surface area contributed by atoms with Gasteiger partial charge in [0, 0.05) is 5.02 Å². The molecular formula is C14H11Cl2N5O. The molecule has 2 heterocycles. The third-order valence-corrected chi connectivity index (χ3v) is 3.31. The van der Waals surface area contributed by atoms with E-state index in [0.717, 1.165) is 5.76 Å². The van der Waals surface area contributed by atoms with Gasteiger partial charge in [-0.15, -0.1) is 5.10 Å². The first-order chi connectivity index (χ1) is 10.7. The molecule has 22 heavy (non-hydrogen) atoms. The molecule has 6 nitrogen and oxygen atoms in total. The molecule has 2 N–H and O–H groups in total. The Morgan fingerprint density at radius 3 is 2.86 bits per heavy atom. The first-order valence-corrected chi connectivity index (χ1v) is 7.14. The molecule has 0 fully saturated rings. The highest BCUT2D eigenvalue weighted by Gasteiger charge is 2.05. The van der Waals surface area contributed by atoms with Gasteiger partial charge in [-0.25, -0.2) is 0 Å². The van der Waals surface area contributed by atoms with Gasteiger partial charge in [-0.2, -0.15) is 10.1 Å². The maximum absolute atomic E-state index is 6.10. The molecule has 0 aliphatic rings. The lowest BCUT2D eigenvalue weighted by Gasteiger charge is -2.08. The largest absolute Gasteiger partial charge is 0.467 e. The molecule has 8 heteroatoms. The third-order valence-electron chi connectivity index (χ3n) is 2.76. The van der Waals surface area contributed by atoms with Gasteiger partial charge in [0.15, 0.2) is 5.82 Å². The second-order valence-corrected chi connectivity index (χ2v) is 5.19. The molecule has 112 valence electrons. The Labute approximate surface area is 136 Å². The molecule has 0 amide bonds. The number of hydrogen-bond donors (Lipinski definition) is 2. The molecule has 0 spiro atoms. The molecule has 0 saturated carbocycles. The van der Waals surface area contributed by atoms with Crippen LogP contribution >= 0.6 is 23.2 Å². The lowest BCUT2D eigenvalue weighted by atomic mass is 10.3. The molecule has 2 aromatic heterocycles. The van der Waals surface area contributed by atoms with E-state index >= 15 is 0 Å². The first-order valence-electron chi connectivity index (χ1n) is 6.39. The summed E-state index contributed by atoms with van der Waals surface area (Å²) in [5.74, 6) is 1.70. The maximum atomic E-state index is 6.10. The molecule has 0 radical (unpaired) electrons. The number of furan rings is 1. The van der Waals surface area contributed by atoms with Crippen LogP contribution in [0.1, 0.15) is 5.76 Å². The Bertz CT molecular complexity index is 764. The number of benzene rings is 1. The van der Waals surface area contributed by atoms with Crippen molar-refractivity contribution in [2.75, 3.05) is 10.6 Å². The van der Waals surface area contributed by atoms with Gasteiger partial charge in [-0.05, 0) is 30.3 Å². The molecule has 0 saturated heterocycles. The average molecular weight is 336 g/mol. The Balaban J connectivity index is 1.70. The van der Waals surface area contributed by atoms with E-state index in [9.17, 15) is 0 Å². The summed E-state index contributed by atoms with van der Waals surface area (Å²) in [6.45, 7) is 0.507. The van der Waals surface area contributed by atoms with Gasteiger partial charge in [-0.1, -0.05) is 23.2 Å². The van der Waals surface area contributed by atoms with Gasteiger partial charge in [0.2, 0.25) is 5.95 Å².